The van der Waals surface area contributed by atoms with E-state index in [1.54, 1.807) is 0 Å². The fraction of sp³-hybridized carbons (Fsp3) is 0.556. The van der Waals surface area contributed by atoms with Crippen molar-refractivity contribution in [3.63, 3.8) is 0 Å². The van der Waals surface area contributed by atoms with Gasteiger partial charge in [0.1, 0.15) is 0 Å². The van der Waals surface area contributed by atoms with Gasteiger partial charge in [-0.3, -0.25) is 9.69 Å². The third-order valence-electron chi connectivity index (χ3n) is 4.51. The zero-order chi connectivity index (χ0) is 16.8. The van der Waals surface area contributed by atoms with Gasteiger partial charge in [-0.05, 0) is 33.0 Å². The Morgan fingerprint density at radius 1 is 1.22 bits per heavy atom. The van der Waals surface area contributed by atoms with Crippen LogP contribution in [0.4, 0.5) is 5.69 Å². The zero-order valence-corrected chi connectivity index (χ0v) is 14.3. The van der Waals surface area contributed by atoms with Gasteiger partial charge in [0.15, 0.2) is 0 Å². The van der Waals surface area contributed by atoms with Crippen molar-refractivity contribution in [2.75, 3.05) is 44.7 Å². The quantitative estimate of drug-likeness (QED) is 0.832. The lowest BCUT2D eigenvalue weighted by Gasteiger charge is -2.38. The van der Waals surface area contributed by atoms with E-state index in [-0.39, 0.29) is 17.9 Å². The molecule has 1 saturated heterocycles. The van der Waals surface area contributed by atoms with Gasteiger partial charge in [0.25, 0.3) is 0 Å². The van der Waals surface area contributed by atoms with Crippen molar-refractivity contribution >= 4 is 11.6 Å². The van der Waals surface area contributed by atoms with Crippen LogP contribution >= 0.6 is 0 Å². The van der Waals surface area contributed by atoms with Crippen LogP contribution in [-0.2, 0) is 4.79 Å². The Morgan fingerprint density at radius 2 is 1.83 bits per heavy atom. The number of hydrogen-bond donors (Lipinski definition) is 0. The summed E-state index contributed by atoms with van der Waals surface area (Å²) >= 11 is 0. The minimum Gasteiger partial charge on any atom is -0.368 e. The highest BCUT2D eigenvalue weighted by molar-refractivity contribution is 5.81. The summed E-state index contributed by atoms with van der Waals surface area (Å²) in [6.45, 7) is 7.65. The Morgan fingerprint density at radius 3 is 2.39 bits per heavy atom. The molecular weight excluding hydrogens is 288 g/mol. The number of piperazine rings is 1. The molecule has 1 aliphatic rings. The summed E-state index contributed by atoms with van der Waals surface area (Å²) in [6.07, 6.45) is 0. The fourth-order valence-corrected chi connectivity index (χ4v) is 2.91. The summed E-state index contributed by atoms with van der Waals surface area (Å²) < 4.78 is 0. The van der Waals surface area contributed by atoms with Gasteiger partial charge in [0.2, 0.25) is 5.91 Å². The number of nitriles is 1. The van der Waals surface area contributed by atoms with Crippen LogP contribution in [-0.4, -0.2) is 61.5 Å². The number of nitrogens with zero attached hydrogens (tertiary/aromatic N) is 4. The summed E-state index contributed by atoms with van der Waals surface area (Å²) in [7, 11) is 1.91. The second-order valence-corrected chi connectivity index (χ2v) is 6.29. The molecule has 2 atom stereocenters. The first kappa shape index (κ1) is 17.3. The minimum atomic E-state index is -0.186. The predicted molar refractivity (Wildman–Crippen MR) is 92.1 cm³/mol. The lowest BCUT2D eigenvalue weighted by molar-refractivity contribution is -0.136. The van der Waals surface area contributed by atoms with Crippen LogP contribution in [0.5, 0.6) is 0 Å². The molecule has 1 fully saturated rings. The molecule has 0 aliphatic carbocycles. The van der Waals surface area contributed by atoms with Gasteiger partial charge in [-0.2, -0.15) is 5.26 Å². The van der Waals surface area contributed by atoms with E-state index in [2.05, 4.69) is 23.1 Å². The van der Waals surface area contributed by atoms with Gasteiger partial charge in [-0.25, -0.2) is 0 Å². The number of carbonyl (C=O) groups excluding carboxylic acids is 1. The molecule has 0 N–H and O–H groups in total. The molecule has 5 nitrogen and oxygen atoms in total. The van der Waals surface area contributed by atoms with E-state index in [4.69, 9.17) is 5.26 Å². The Hall–Kier alpha value is -2.06. The van der Waals surface area contributed by atoms with Crippen molar-refractivity contribution in [1.82, 2.24) is 9.80 Å². The van der Waals surface area contributed by atoms with E-state index in [0.717, 1.165) is 26.2 Å². The molecule has 1 aromatic rings. The van der Waals surface area contributed by atoms with Gasteiger partial charge >= 0.3 is 0 Å². The van der Waals surface area contributed by atoms with Crippen LogP contribution in [0.1, 0.15) is 13.8 Å². The van der Waals surface area contributed by atoms with Crippen molar-refractivity contribution < 1.29 is 4.79 Å². The third-order valence-corrected chi connectivity index (χ3v) is 4.51. The van der Waals surface area contributed by atoms with E-state index in [1.807, 2.05) is 48.9 Å². The molecule has 1 amide bonds. The molecular formula is C18H26N4O. The summed E-state index contributed by atoms with van der Waals surface area (Å²) in [5, 5.41) is 8.91. The standard InChI is InChI=1S/C18H26N4O/c1-15(13-19)14-20(3)16(2)18(23)22-11-9-21(10-12-22)17-7-5-4-6-8-17/h4-8,15-16H,9-12,14H2,1-3H3/t15-,16-/m0/s1. The normalized spacial score (nSPS) is 17.7. The summed E-state index contributed by atoms with van der Waals surface area (Å²) in [5.41, 5.74) is 1.22. The summed E-state index contributed by atoms with van der Waals surface area (Å²) in [4.78, 5) is 18.9. The number of rotatable bonds is 5. The molecule has 0 unspecified atom stereocenters. The van der Waals surface area contributed by atoms with Crippen LogP contribution in [0.15, 0.2) is 30.3 Å². The molecule has 1 aromatic carbocycles. The maximum absolute atomic E-state index is 12.6. The average molecular weight is 314 g/mol. The van der Waals surface area contributed by atoms with E-state index in [1.165, 1.54) is 5.69 Å². The number of carbonyl (C=O) groups is 1. The molecule has 0 aromatic heterocycles. The average Bonchev–Trinajstić information content (AvgIpc) is 2.61. The van der Waals surface area contributed by atoms with Gasteiger partial charge < -0.3 is 9.80 Å². The summed E-state index contributed by atoms with van der Waals surface area (Å²) in [6, 6.07) is 12.4. The molecule has 1 aliphatic heterocycles. The van der Waals surface area contributed by atoms with Crippen molar-refractivity contribution in [3.05, 3.63) is 30.3 Å². The number of anilines is 1. The first-order valence-electron chi connectivity index (χ1n) is 8.21. The molecule has 0 saturated carbocycles. The number of hydrogen-bond acceptors (Lipinski definition) is 4. The Bertz CT molecular complexity index is 546. The molecule has 1 heterocycles. The lowest BCUT2D eigenvalue weighted by atomic mass is 10.1. The molecule has 0 radical (unpaired) electrons. The van der Waals surface area contributed by atoms with Gasteiger partial charge in [-0.1, -0.05) is 18.2 Å². The Labute approximate surface area is 139 Å². The number of para-hydroxylation sites is 1. The second-order valence-electron chi connectivity index (χ2n) is 6.29. The van der Waals surface area contributed by atoms with Crippen molar-refractivity contribution in [2.45, 2.75) is 19.9 Å². The number of likely N-dealkylation sites (N-methyl/N-ethyl adjacent to an activating group) is 1. The van der Waals surface area contributed by atoms with Gasteiger partial charge in [0.05, 0.1) is 18.0 Å². The predicted octanol–water partition coefficient (Wildman–Crippen LogP) is 1.82. The van der Waals surface area contributed by atoms with Gasteiger partial charge in [-0.15, -0.1) is 0 Å². The molecule has 2 rings (SSSR count). The minimum absolute atomic E-state index is 0.0647. The summed E-state index contributed by atoms with van der Waals surface area (Å²) in [5.74, 6) is 0.0931. The molecule has 0 bridgehead atoms. The maximum Gasteiger partial charge on any atom is 0.239 e. The van der Waals surface area contributed by atoms with E-state index in [0.29, 0.717) is 6.54 Å². The Kier molecular flexibility index (Phi) is 6.00. The number of amides is 1. The van der Waals surface area contributed by atoms with Crippen LogP contribution < -0.4 is 4.90 Å². The first-order chi connectivity index (χ1) is 11.0. The van der Waals surface area contributed by atoms with E-state index >= 15 is 0 Å². The third kappa shape index (κ3) is 4.46. The highest BCUT2D eigenvalue weighted by atomic mass is 16.2. The highest BCUT2D eigenvalue weighted by Gasteiger charge is 2.27. The van der Waals surface area contributed by atoms with E-state index < -0.39 is 0 Å². The van der Waals surface area contributed by atoms with Crippen LogP contribution in [0.25, 0.3) is 0 Å². The van der Waals surface area contributed by atoms with Crippen LogP contribution in [0, 0.1) is 17.2 Å². The lowest BCUT2D eigenvalue weighted by Crippen LogP contribution is -2.54. The van der Waals surface area contributed by atoms with Gasteiger partial charge in [0, 0.05) is 38.4 Å². The molecule has 0 spiro atoms. The molecule has 23 heavy (non-hydrogen) atoms. The SMILES string of the molecule is C[C@@H](C#N)CN(C)[C@@H](C)C(=O)N1CCN(c2ccccc2)CC1. The molecule has 5 heteroatoms. The topological polar surface area (TPSA) is 50.6 Å². The zero-order valence-electron chi connectivity index (χ0n) is 14.3. The van der Waals surface area contributed by atoms with Crippen LogP contribution in [0.3, 0.4) is 0 Å². The maximum atomic E-state index is 12.6. The van der Waals surface area contributed by atoms with Crippen molar-refractivity contribution in [1.29, 1.82) is 5.26 Å². The monoisotopic (exact) mass is 314 g/mol. The van der Waals surface area contributed by atoms with E-state index in [9.17, 15) is 4.79 Å². The highest BCUT2D eigenvalue weighted by Crippen LogP contribution is 2.16. The smallest absolute Gasteiger partial charge is 0.239 e. The van der Waals surface area contributed by atoms with Crippen LogP contribution in [0.2, 0.25) is 0 Å². The Balaban J connectivity index is 1.87. The number of benzene rings is 1. The largest absolute Gasteiger partial charge is 0.368 e. The second kappa shape index (κ2) is 7.98. The van der Waals surface area contributed by atoms with Crippen molar-refractivity contribution in [3.8, 4) is 6.07 Å². The molecule has 124 valence electrons. The fourth-order valence-electron chi connectivity index (χ4n) is 2.91. The van der Waals surface area contributed by atoms with Crippen molar-refractivity contribution in [2.24, 2.45) is 5.92 Å². The first-order valence-corrected chi connectivity index (χ1v) is 8.21.